The standard InChI is InChI=1S/C18H33P.C17H25OSi.CH3.Ni/c1-4-10-16(11-5-1)19(17-12-6-2-7-13-17)18-14-8-3-9-15-18;1-5-19(6-2,7-3)17(18-4)13-12-15-10-8-9-11-16(15)14-17;;/h16-18H,1-15H2;8-14H,5-7H2,1-4H3;1H3;/q;2*-1;+2/p+1/t;17-;;/m.0../s1. The molecule has 3 fully saturated rings. The maximum absolute atomic E-state index is 6.09. The van der Waals surface area contributed by atoms with Gasteiger partial charge in [-0.15, -0.1) is 23.8 Å². The van der Waals surface area contributed by atoms with Crippen LogP contribution in [0.15, 0.2) is 30.3 Å². The number of methoxy groups -OCH3 is 1. The van der Waals surface area contributed by atoms with Crippen LogP contribution in [-0.2, 0) is 21.2 Å². The van der Waals surface area contributed by atoms with Crippen molar-refractivity contribution in [2.75, 3.05) is 7.11 Å². The van der Waals surface area contributed by atoms with Crippen molar-refractivity contribution in [3.05, 3.63) is 55.3 Å². The fourth-order valence-electron chi connectivity index (χ4n) is 8.85. The average molecular weight is 629 g/mol. The summed E-state index contributed by atoms with van der Waals surface area (Å²) in [5.41, 5.74) is 6.31. The quantitative estimate of drug-likeness (QED) is 0.158. The summed E-state index contributed by atoms with van der Waals surface area (Å²) in [6.07, 6.45) is 30.7. The van der Waals surface area contributed by atoms with E-state index in [1.165, 1.54) is 46.2 Å². The molecule has 0 heterocycles. The van der Waals surface area contributed by atoms with Crippen molar-refractivity contribution >= 4 is 22.1 Å². The average Bonchev–Trinajstić information content (AvgIpc) is 3.00. The molecule has 1 atom stereocenters. The van der Waals surface area contributed by atoms with Gasteiger partial charge >= 0.3 is 16.5 Å². The van der Waals surface area contributed by atoms with Crippen LogP contribution in [0.5, 0.6) is 0 Å². The van der Waals surface area contributed by atoms with Gasteiger partial charge in [0.15, 0.2) is 0 Å². The summed E-state index contributed by atoms with van der Waals surface area (Å²) in [6.45, 7) is 7.01. The molecule has 0 aromatic heterocycles. The van der Waals surface area contributed by atoms with Gasteiger partial charge in [0.25, 0.3) is 0 Å². The number of fused-ring (bicyclic) bond motifs is 1. The van der Waals surface area contributed by atoms with Crippen molar-refractivity contribution in [1.29, 1.82) is 0 Å². The molecule has 0 unspecified atom stereocenters. The normalized spacial score (nSPS) is 24.1. The maximum atomic E-state index is 6.09. The Morgan fingerprint density at radius 1 is 0.750 bits per heavy atom. The molecule has 1 aromatic carbocycles. The number of benzene rings is 1. The number of hydrogen-bond donors (Lipinski definition) is 0. The first-order valence-corrected chi connectivity index (χ1v) is 21.0. The van der Waals surface area contributed by atoms with E-state index in [1.54, 1.807) is 96.3 Å². The molecule has 0 N–H and O–H groups in total. The van der Waals surface area contributed by atoms with Crippen LogP contribution < -0.4 is 0 Å². The minimum atomic E-state index is -1.50. The van der Waals surface area contributed by atoms with Crippen molar-refractivity contribution < 1.29 is 21.2 Å². The Morgan fingerprint density at radius 2 is 1.18 bits per heavy atom. The zero-order valence-electron chi connectivity index (χ0n) is 26.7. The SMILES string of the molecule is C1CCC([PH+](C2CCCCC2)C2CCCCC2)CC1.CC[Si](CC)(CC)[C@@]1(OC)C=Cc2ccccc2[CH-]1.[CH3-].[Ni+2]. The van der Waals surface area contributed by atoms with Crippen molar-refractivity contribution in [2.24, 2.45) is 0 Å². The summed E-state index contributed by atoms with van der Waals surface area (Å²) in [7, 11) is 0.326. The molecular formula is C36H62NiOPSi+. The Balaban J connectivity index is 0.000000267. The van der Waals surface area contributed by atoms with E-state index in [-0.39, 0.29) is 37.1 Å². The molecule has 0 bridgehead atoms. The first-order valence-electron chi connectivity index (χ1n) is 16.7. The van der Waals surface area contributed by atoms with Crippen LogP contribution in [0.3, 0.4) is 0 Å². The van der Waals surface area contributed by atoms with Gasteiger partial charge in [-0.2, -0.15) is 18.1 Å². The molecule has 230 valence electrons. The summed E-state index contributed by atoms with van der Waals surface area (Å²) in [6, 6.07) is 12.4. The monoisotopic (exact) mass is 627 g/mol. The van der Waals surface area contributed by atoms with Crippen LogP contribution in [0, 0.1) is 13.8 Å². The summed E-state index contributed by atoms with van der Waals surface area (Å²) in [4.78, 5) is 0. The molecule has 0 amide bonds. The fraction of sp³-hybridized carbons (Fsp3) is 0.722. The van der Waals surface area contributed by atoms with E-state index in [1.807, 2.05) is 7.11 Å². The molecule has 4 aliphatic rings. The minimum absolute atomic E-state index is 0. The molecule has 40 heavy (non-hydrogen) atoms. The number of hydrogen-bond acceptors (Lipinski definition) is 1. The van der Waals surface area contributed by atoms with Gasteiger partial charge < -0.3 is 12.2 Å². The van der Waals surface area contributed by atoms with Crippen LogP contribution in [0.1, 0.15) is 128 Å². The van der Waals surface area contributed by atoms with E-state index in [9.17, 15) is 0 Å². The van der Waals surface area contributed by atoms with E-state index in [4.69, 9.17) is 4.74 Å². The molecule has 0 radical (unpaired) electrons. The van der Waals surface area contributed by atoms with Gasteiger partial charge in [-0.25, -0.2) is 0 Å². The third-order valence-electron chi connectivity index (χ3n) is 11.3. The summed E-state index contributed by atoms with van der Waals surface area (Å²) >= 11 is 0. The van der Waals surface area contributed by atoms with Crippen LogP contribution in [0.4, 0.5) is 0 Å². The molecule has 0 saturated heterocycles. The Hall–Kier alpha value is -0.0696. The Kier molecular flexibility index (Phi) is 16.2. The Bertz CT molecular complexity index is 801. The van der Waals surface area contributed by atoms with E-state index in [0.717, 1.165) is 0 Å². The molecule has 4 aliphatic carbocycles. The van der Waals surface area contributed by atoms with Crippen molar-refractivity contribution in [3.63, 3.8) is 0 Å². The minimum Gasteiger partial charge on any atom is -0.386 e. The zero-order valence-corrected chi connectivity index (χ0v) is 29.7. The maximum Gasteiger partial charge on any atom is 2.00 e. The second kappa shape index (κ2) is 17.9. The number of rotatable bonds is 8. The van der Waals surface area contributed by atoms with Gasteiger partial charge in [0.05, 0.1) is 30.3 Å². The summed E-state index contributed by atoms with van der Waals surface area (Å²) in [5, 5.41) is -0.139. The Morgan fingerprint density at radius 3 is 1.57 bits per heavy atom. The van der Waals surface area contributed by atoms with Gasteiger partial charge in [0.2, 0.25) is 0 Å². The predicted molar refractivity (Wildman–Crippen MR) is 181 cm³/mol. The van der Waals surface area contributed by atoms with E-state index < -0.39 is 8.07 Å². The largest absolute Gasteiger partial charge is 2.00 e. The second-order valence-corrected chi connectivity index (χ2v) is 21.9. The molecule has 5 rings (SSSR count). The summed E-state index contributed by atoms with van der Waals surface area (Å²) < 4.78 is 6.09. The van der Waals surface area contributed by atoms with Gasteiger partial charge in [-0.05, 0) is 77.0 Å². The van der Waals surface area contributed by atoms with E-state index >= 15 is 0 Å². The molecule has 3 saturated carbocycles. The first-order chi connectivity index (χ1) is 18.6. The van der Waals surface area contributed by atoms with Crippen molar-refractivity contribution in [1.82, 2.24) is 0 Å². The van der Waals surface area contributed by atoms with E-state index in [0.29, 0.717) is 0 Å². The molecule has 1 nitrogen and oxygen atoms in total. The first kappa shape index (κ1) is 36.1. The van der Waals surface area contributed by atoms with Gasteiger partial charge in [-0.1, -0.05) is 70.3 Å². The van der Waals surface area contributed by atoms with E-state index in [2.05, 4.69) is 63.6 Å². The van der Waals surface area contributed by atoms with Gasteiger partial charge in [-0.3, -0.25) is 0 Å². The van der Waals surface area contributed by atoms with Crippen LogP contribution in [-0.4, -0.2) is 37.4 Å². The second-order valence-electron chi connectivity index (χ2n) is 12.9. The smallest absolute Gasteiger partial charge is 0.386 e. The third kappa shape index (κ3) is 8.30. The molecule has 0 aliphatic heterocycles. The molecule has 0 spiro atoms. The van der Waals surface area contributed by atoms with Crippen LogP contribution in [0.25, 0.3) is 6.08 Å². The van der Waals surface area contributed by atoms with Gasteiger partial charge in [0, 0.05) is 15.0 Å². The predicted octanol–water partition coefficient (Wildman–Crippen LogP) is 11.3. The topological polar surface area (TPSA) is 9.23 Å². The molecule has 4 heteroatoms. The van der Waals surface area contributed by atoms with Crippen LogP contribution >= 0.6 is 7.92 Å². The van der Waals surface area contributed by atoms with Gasteiger partial charge in [0.1, 0.15) is 0 Å². The zero-order chi connectivity index (χ0) is 26.8. The molecular weight excluding hydrogens is 566 g/mol. The van der Waals surface area contributed by atoms with Crippen molar-refractivity contribution in [2.45, 2.75) is 157 Å². The number of ether oxygens (including phenoxy) is 1. The van der Waals surface area contributed by atoms with Crippen molar-refractivity contribution in [3.8, 4) is 0 Å². The Labute approximate surface area is 262 Å². The fourth-order valence-corrected chi connectivity index (χ4v) is 18.6. The summed E-state index contributed by atoms with van der Waals surface area (Å²) in [5.74, 6) is 0. The van der Waals surface area contributed by atoms with Crippen LogP contribution in [0.2, 0.25) is 18.1 Å². The molecule has 1 aromatic rings. The third-order valence-corrected chi connectivity index (χ3v) is 22.1.